The fourth-order valence-electron chi connectivity index (χ4n) is 3.56. The third-order valence-corrected chi connectivity index (χ3v) is 4.69. The zero-order chi connectivity index (χ0) is 11.1. The highest BCUT2D eigenvalue weighted by molar-refractivity contribution is 5.10. The molecule has 0 aromatic heterocycles. The van der Waals surface area contributed by atoms with Crippen LogP contribution in [0.2, 0.25) is 0 Å². The summed E-state index contributed by atoms with van der Waals surface area (Å²) in [5.74, 6) is 0. The van der Waals surface area contributed by atoms with E-state index >= 15 is 0 Å². The number of aliphatic hydroxyl groups is 2. The molecule has 0 aromatic rings. The molecule has 2 aliphatic heterocycles. The molecule has 3 nitrogen and oxygen atoms in total. The summed E-state index contributed by atoms with van der Waals surface area (Å²) >= 11 is 0. The van der Waals surface area contributed by atoms with Crippen molar-refractivity contribution < 1.29 is 14.9 Å². The molecule has 2 saturated heterocycles. The van der Waals surface area contributed by atoms with Gasteiger partial charge in [0.2, 0.25) is 0 Å². The van der Waals surface area contributed by atoms with Gasteiger partial charge in [0.15, 0.2) is 0 Å². The summed E-state index contributed by atoms with van der Waals surface area (Å²) in [7, 11) is 0. The number of fused-ring (bicyclic) bond motifs is 2. The van der Waals surface area contributed by atoms with Gasteiger partial charge < -0.3 is 14.9 Å². The van der Waals surface area contributed by atoms with Crippen molar-refractivity contribution in [3.8, 4) is 0 Å². The Kier molecular flexibility index (Phi) is 2.82. The molecular formula is C12H22O3. The van der Waals surface area contributed by atoms with Gasteiger partial charge in [-0.2, -0.15) is 0 Å². The van der Waals surface area contributed by atoms with E-state index < -0.39 is 11.0 Å². The molecule has 88 valence electrons. The van der Waals surface area contributed by atoms with E-state index in [0.717, 1.165) is 19.3 Å². The van der Waals surface area contributed by atoms with E-state index in [4.69, 9.17) is 4.74 Å². The molecule has 2 bridgehead atoms. The molecule has 3 heteroatoms. The van der Waals surface area contributed by atoms with Gasteiger partial charge in [-0.25, -0.2) is 0 Å². The van der Waals surface area contributed by atoms with Crippen molar-refractivity contribution in [2.45, 2.75) is 63.8 Å². The zero-order valence-corrected chi connectivity index (χ0v) is 9.70. The van der Waals surface area contributed by atoms with Crippen LogP contribution < -0.4 is 0 Å². The van der Waals surface area contributed by atoms with E-state index in [1.165, 1.54) is 0 Å². The van der Waals surface area contributed by atoms with Gasteiger partial charge in [-0.1, -0.05) is 13.8 Å². The van der Waals surface area contributed by atoms with E-state index in [1.807, 2.05) is 13.8 Å². The molecule has 2 heterocycles. The number of hydrogen-bond donors (Lipinski definition) is 2. The van der Waals surface area contributed by atoms with Gasteiger partial charge in [0, 0.05) is 0 Å². The topological polar surface area (TPSA) is 49.7 Å². The van der Waals surface area contributed by atoms with Crippen LogP contribution in [0.15, 0.2) is 0 Å². The molecule has 0 saturated carbocycles. The minimum atomic E-state index is -0.762. The first-order valence-electron chi connectivity index (χ1n) is 6.10. The van der Waals surface area contributed by atoms with E-state index in [0.29, 0.717) is 12.8 Å². The third kappa shape index (κ3) is 1.37. The predicted molar refractivity (Wildman–Crippen MR) is 57.6 cm³/mol. The maximum absolute atomic E-state index is 10.7. The average molecular weight is 214 g/mol. The van der Waals surface area contributed by atoms with E-state index in [1.54, 1.807) is 0 Å². The second kappa shape index (κ2) is 3.72. The molecule has 0 aromatic carbocycles. The summed E-state index contributed by atoms with van der Waals surface area (Å²) in [4.78, 5) is 0. The number of rotatable bonds is 4. The quantitative estimate of drug-likeness (QED) is 0.745. The van der Waals surface area contributed by atoms with Gasteiger partial charge in [-0.3, -0.25) is 0 Å². The smallest absolute Gasteiger partial charge is 0.0746 e. The minimum Gasteiger partial charge on any atom is -0.396 e. The number of ether oxygens (including phenoxy) is 1. The van der Waals surface area contributed by atoms with Crippen LogP contribution in [0, 0.1) is 5.41 Å². The third-order valence-electron chi connectivity index (χ3n) is 4.69. The Morgan fingerprint density at radius 2 is 2.00 bits per heavy atom. The zero-order valence-electron chi connectivity index (χ0n) is 9.70. The Bertz CT molecular complexity index is 237. The largest absolute Gasteiger partial charge is 0.396 e. The second-order valence-corrected chi connectivity index (χ2v) is 5.08. The van der Waals surface area contributed by atoms with Gasteiger partial charge in [-0.05, 0) is 32.1 Å². The van der Waals surface area contributed by atoms with Gasteiger partial charge in [0.25, 0.3) is 0 Å². The van der Waals surface area contributed by atoms with Crippen LogP contribution in [-0.2, 0) is 4.74 Å². The molecule has 2 N–H and O–H groups in total. The van der Waals surface area contributed by atoms with Gasteiger partial charge in [0.05, 0.1) is 29.8 Å². The lowest BCUT2D eigenvalue weighted by molar-refractivity contribution is -0.142. The monoisotopic (exact) mass is 214 g/mol. The molecule has 0 spiro atoms. The van der Waals surface area contributed by atoms with Gasteiger partial charge >= 0.3 is 0 Å². The first kappa shape index (κ1) is 11.4. The van der Waals surface area contributed by atoms with Crippen molar-refractivity contribution in [3.05, 3.63) is 0 Å². The van der Waals surface area contributed by atoms with Crippen LogP contribution in [0.25, 0.3) is 0 Å². The molecule has 2 fully saturated rings. The lowest BCUT2D eigenvalue weighted by atomic mass is 9.61. The van der Waals surface area contributed by atoms with Gasteiger partial charge in [-0.15, -0.1) is 0 Å². The van der Waals surface area contributed by atoms with Crippen LogP contribution in [0.1, 0.15) is 46.0 Å². The molecule has 3 unspecified atom stereocenters. The highest BCUT2D eigenvalue weighted by Gasteiger charge is 2.61. The van der Waals surface area contributed by atoms with Gasteiger partial charge in [0.1, 0.15) is 0 Å². The first-order chi connectivity index (χ1) is 7.12. The highest BCUT2D eigenvalue weighted by Crippen LogP contribution is 2.55. The molecule has 3 atom stereocenters. The fourth-order valence-corrected chi connectivity index (χ4v) is 3.56. The molecule has 0 amide bonds. The molecule has 15 heavy (non-hydrogen) atoms. The van der Waals surface area contributed by atoms with Crippen LogP contribution >= 0.6 is 0 Å². The Morgan fingerprint density at radius 3 is 2.33 bits per heavy atom. The lowest BCUT2D eigenvalue weighted by Crippen LogP contribution is -2.55. The highest BCUT2D eigenvalue weighted by atomic mass is 16.5. The number of aliphatic hydroxyl groups excluding tert-OH is 1. The van der Waals surface area contributed by atoms with Crippen LogP contribution in [0.4, 0.5) is 0 Å². The molecule has 2 aliphatic rings. The summed E-state index contributed by atoms with van der Waals surface area (Å²) in [6, 6.07) is 0. The van der Waals surface area contributed by atoms with Crippen molar-refractivity contribution in [2.24, 2.45) is 5.41 Å². The molecular weight excluding hydrogens is 192 g/mol. The summed E-state index contributed by atoms with van der Waals surface area (Å²) in [6.07, 6.45) is 4.63. The summed E-state index contributed by atoms with van der Waals surface area (Å²) in [6.45, 7) is 4.03. The first-order valence-corrected chi connectivity index (χ1v) is 6.10. The predicted octanol–water partition coefficient (Wildman–Crippen LogP) is 1.47. The fraction of sp³-hybridized carbons (Fsp3) is 1.00. The maximum Gasteiger partial charge on any atom is 0.0746 e. The lowest BCUT2D eigenvalue weighted by Gasteiger charge is -2.47. The van der Waals surface area contributed by atoms with Crippen molar-refractivity contribution in [1.82, 2.24) is 0 Å². The van der Waals surface area contributed by atoms with E-state index in [-0.39, 0.29) is 18.8 Å². The van der Waals surface area contributed by atoms with Crippen LogP contribution in [-0.4, -0.2) is 34.6 Å². The Hall–Kier alpha value is -0.120. The SMILES string of the molecule is CCC(O)(CC)C1(CO)CC2CCC1O2. The van der Waals surface area contributed by atoms with Crippen molar-refractivity contribution in [1.29, 1.82) is 0 Å². The number of hydrogen-bond acceptors (Lipinski definition) is 3. The van der Waals surface area contributed by atoms with E-state index in [2.05, 4.69) is 0 Å². The molecule has 0 radical (unpaired) electrons. The van der Waals surface area contributed by atoms with Crippen LogP contribution in [0.5, 0.6) is 0 Å². The van der Waals surface area contributed by atoms with E-state index in [9.17, 15) is 10.2 Å². The molecule has 0 aliphatic carbocycles. The van der Waals surface area contributed by atoms with Crippen LogP contribution in [0.3, 0.4) is 0 Å². The Morgan fingerprint density at radius 1 is 1.33 bits per heavy atom. The summed E-state index contributed by atoms with van der Waals surface area (Å²) in [5.41, 5.74) is -1.17. The Balaban J connectivity index is 2.29. The summed E-state index contributed by atoms with van der Waals surface area (Å²) in [5, 5.41) is 20.4. The normalized spacial score (nSPS) is 40.0. The Labute approximate surface area is 91.4 Å². The second-order valence-electron chi connectivity index (χ2n) is 5.08. The standard InChI is InChI=1S/C12H22O3/c1-3-12(14,4-2)11(8-13)7-9-5-6-10(11)15-9/h9-10,13-14H,3-8H2,1-2H3. The maximum atomic E-state index is 10.7. The molecule has 2 rings (SSSR count). The average Bonchev–Trinajstić information content (AvgIpc) is 2.88. The van der Waals surface area contributed by atoms with Crippen molar-refractivity contribution in [3.63, 3.8) is 0 Å². The van der Waals surface area contributed by atoms with Crippen molar-refractivity contribution >= 4 is 0 Å². The van der Waals surface area contributed by atoms with Crippen molar-refractivity contribution in [2.75, 3.05) is 6.61 Å². The summed E-state index contributed by atoms with van der Waals surface area (Å²) < 4.78 is 5.81. The minimum absolute atomic E-state index is 0.0480.